The molecule has 0 aromatic heterocycles. The van der Waals surface area contributed by atoms with Crippen molar-refractivity contribution in [2.45, 2.75) is 55.9 Å². The van der Waals surface area contributed by atoms with Crippen molar-refractivity contribution in [3.63, 3.8) is 0 Å². The predicted octanol–water partition coefficient (Wildman–Crippen LogP) is 5.45. The number of nitrogens with one attached hydrogen (secondary N) is 1. The summed E-state index contributed by atoms with van der Waals surface area (Å²) in [4.78, 5) is 24.5. The van der Waals surface area contributed by atoms with E-state index in [0.717, 1.165) is 0 Å². The van der Waals surface area contributed by atoms with Crippen LogP contribution in [0.4, 0.5) is 48.7 Å². The summed E-state index contributed by atoms with van der Waals surface area (Å²) in [5.41, 5.74) is -6.54. The number of rotatable bonds is 4. The number of carbonyl (C=O) groups excluding carboxylic acids is 2. The zero-order chi connectivity index (χ0) is 26.4. The first-order chi connectivity index (χ1) is 15.9. The first kappa shape index (κ1) is 26.9. The molecule has 1 aliphatic heterocycles. The summed E-state index contributed by atoms with van der Waals surface area (Å²) >= 11 is 0. The fourth-order valence-corrected chi connectivity index (χ4v) is 4.16. The summed E-state index contributed by atoms with van der Waals surface area (Å²) in [5.74, 6) is -2.57. The van der Waals surface area contributed by atoms with Crippen LogP contribution in [0.5, 0.6) is 0 Å². The molecule has 2 fully saturated rings. The molecule has 0 atom stereocenters. The Labute approximate surface area is 191 Å². The fraction of sp³-hybridized carbons (Fsp3) is 0.600. The van der Waals surface area contributed by atoms with Crippen molar-refractivity contribution >= 4 is 12.0 Å². The standard InChI is InChI=1S/C20H18F10N2O3/c21-13-6-11(5-12(7-13)18(22,23)24)15(33)31-8-10-1-3-14(4-2-10)32-9-17(19(25,26)27,20(28,29)30)35-16(32)34/h5-7,10,14H,1-4,8-9H2,(H,31,33). The van der Waals surface area contributed by atoms with Crippen molar-refractivity contribution in [3.05, 3.63) is 35.1 Å². The molecule has 0 spiro atoms. The molecule has 1 aromatic rings. The van der Waals surface area contributed by atoms with Crippen molar-refractivity contribution in [3.8, 4) is 0 Å². The van der Waals surface area contributed by atoms with Crippen LogP contribution < -0.4 is 5.32 Å². The summed E-state index contributed by atoms with van der Waals surface area (Å²) in [6.07, 6.45) is -17.9. The smallest absolute Gasteiger partial charge is 0.421 e. The maximum Gasteiger partial charge on any atom is 0.439 e. The molecular weight excluding hydrogens is 506 g/mol. The number of halogens is 10. The third-order valence-electron chi connectivity index (χ3n) is 6.10. The van der Waals surface area contributed by atoms with Gasteiger partial charge in [-0.3, -0.25) is 4.79 Å². The van der Waals surface area contributed by atoms with E-state index in [0.29, 0.717) is 17.0 Å². The number of alkyl halides is 9. The van der Waals surface area contributed by atoms with Crippen LogP contribution in [0.1, 0.15) is 41.6 Å². The van der Waals surface area contributed by atoms with Crippen molar-refractivity contribution in [1.29, 1.82) is 0 Å². The van der Waals surface area contributed by atoms with Gasteiger partial charge in [0.2, 0.25) is 0 Å². The zero-order valence-corrected chi connectivity index (χ0v) is 17.6. The van der Waals surface area contributed by atoms with E-state index in [2.05, 4.69) is 10.1 Å². The quantitative estimate of drug-likeness (QED) is 0.534. The molecule has 0 bridgehead atoms. The first-order valence-corrected chi connectivity index (χ1v) is 10.2. The summed E-state index contributed by atoms with van der Waals surface area (Å²) in [6.45, 7) is -1.81. The third-order valence-corrected chi connectivity index (χ3v) is 6.10. The predicted molar refractivity (Wildman–Crippen MR) is 97.5 cm³/mol. The highest BCUT2D eigenvalue weighted by molar-refractivity contribution is 5.94. The molecule has 0 radical (unpaired) electrons. The second-order valence-corrected chi connectivity index (χ2v) is 8.43. The Balaban J connectivity index is 1.58. The summed E-state index contributed by atoms with van der Waals surface area (Å²) in [7, 11) is 0. The van der Waals surface area contributed by atoms with E-state index in [4.69, 9.17) is 0 Å². The Morgan fingerprint density at radius 1 is 0.971 bits per heavy atom. The molecule has 1 aliphatic carbocycles. The molecule has 3 rings (SSSR count). The van der Waals surface area contributed by atoms with Gasteiger partial charge < -0.3 is 15.0 Å². The summed E-state index contributed by atoms with van der Waals surface area (Å²) in [5, 5.41) is 2.34. The second-order valence-electron chi connectivity index (χ2n) is 8.43. The van der Waals surface area contributed by atoms with Gasteiger partial charge in [-0.15, -0.1) is 0 Å². The van der Waals surface area contributed by atoms with Crippen molar-refractivity contribution in [1.82, 2.24) is 10.2 Å². The maximum absolute atomic E-state index is 13.5. The number of ether oxygens (including phenoxy) is 1. The molecule has 196 valence electrons. The third kappa shape index (κ3) is 5.42. The van der Waals surface area contributed by atoms with Crippen LogP contribution in [0.25, 0.3) is 0 Å². The highest BCUT2D eigenvalue weighted by atomic mass is 19.4. The maximum atomic E-state index is 13.5. The van der Waals surface area contributed by atoms with Gasteiger partial charge >= 0.3 is 30.2 Å². The molecular formula is C20H18F10N2O3. The lowest BCUT2D eigenvalue weighted by Gasteiger charge is -2.35. The molecule has 0 unspecified atom stereocenters. The Morgan fingerprint density at radius 2 is 1.54 bits per heavy atom. The lowest BCUT2D eigenvalue weighted by molar-refractivity contribution is -0.353. The van der Waals surface area contributed by atoms with Crippen LogP contribution in [0, 0.1) is 11.7 Å². The SMILES string of the molecule is O=C(NCC1CCC(N2CC(C(F)(F)F)(C(F)(F)F)OC2=O)CC1)c1cc(F)cc(C(F)(F)F)c1. The van der Waals surface area contributed by atoms with Gasteiger partial charge in [0.1, 0.15) is 5.82 Å². The van der Waals surface area contributed by atoms with Crippen LogP contribution in [0.15, 0.2) is 18.2 Å². The average molecular weight is 524 g/mol. The van der Waals surface area contributed by atoms with Gasteiger partial charge in [-0.25, -0.2) is 9.18 Å². The van der Waals surface area contributed by atoms with Gasteiger partial charge in [-0.05, 0) is 49.8 Å². The Hall–Kier alpha value is -2.74. The molecule has 1 N–H and O–H groups in total. The molecule has 2 amide bonds. The minimum Gasteiger partial charge on any atom is -0.421 e. The van der Waals surface area contributed by atoms with Crippen molar-refractivity contribution < 1.29 is 58.2 Å². The number of hydrogen-bond acceptors (Lipinski definition) is 3. The Morgan fingerprint density at radius 3 is 2.03 bits per heavy atom. The molecule has 1 aromatic carbocycles. The van der Waals surface area contributed by atoms with Crippen LogP contribution in [-0.4, -0.2) is 54.0 Å². The van der Waals surface area contributed by atoms with Gasteiger partial charge in [-0.2, -0.15) is 39.5 Å². The number of carbonyl (C=O) groups is 2. The zero-order valence-electron chi connectivity index (χ0n) is 17.6. The van der Waals surface area contributed by atoms with Crippen LogP contribution in [0.3, 0.4) is 0 Å². The monoisotopic (exact) mass is 524 g/mol. The number of nitrogens with zero attached hydrogens (tertiary/aromatic N) is 1. The minimum atomic E-state index is -5.87. The largest absolute Gasteiger partial charge is 0.439 e. The van der Waals surface area contributed by atoms with E-state index in [9.17, 15) is 53.5 Å². The lowest BCUT2D eigenvalue weighted by atomic mass is 9.85. The molecule has 1 saturated heterocycles. The molecule has 35 heavy (non-hydrogen) atoms. The summed E-state index contributed by atoms with van der Waals surface area (Å²) in [6, 6.07) is 0.363. The normalized spacial score (nSPS) is 23.3. The van der Waals surface area contributed by atoms with Gasteiger partial charge in [0.25, 0.3) is 5.91 Å². The van der Waals surface area contributed by atoms with Crippen molar-refractivity contribution in [2.75, 3.05) is 13.1 Å². The van der Waals surface area contributed by atoms with E-state index in [1.807, 2.05) is 0 Å². The molecule has 1 saturated carbocycles. The van der Waals surface area contributed by atoms with Crippen molar-refractivity contribution in [2.24, 2.45) is 5.92 Å². The van der Waals surface area contributed by atoms with Crippen LogP contribution in [-0.2, 0) is 10.9 Å². The van der Waals surface area contributed by atoms with Gasteiger partial charge in [0, 0.05) is 18.2 Å². The molecule has 1 heterocycles. The number of benzene rings is 1. The van der Waals surface area contributed by atoms with Gasteiger partial charge in [0.05, 0.1) is 12.1 Å². The number of amides is 2. The number of cyclic esters (lactones) is 1. The highest BCUT2D eigenvalue weighted by Crippen LogP contribution is 2.50. The summed E-state index contributed by atoms with van der Waals surface area (Å²) < 4.78 is 135. The minimum absolute atomic E-state index is 0.0135. The number of hydrogen-bond donors (Lipinski definition) is 1. The van der Waals surface area contributed by atoms with Gasteiger partial charge in [-0.1, -0.05) is 0 Å². The van der Waals surface area contributed by atoms with E-state index in [1.165, 1.54) is 0 Å². The molecule has 5 nitrogen and oxygen atoms in total. The second kappa shape index (κ2) is 9.04. The van der Waals surface area contributed by atoms with Gasteiger partial charge in [0.15, 0.2) is 0 Å². The van der Waals surface area contributed by atoms with E-state index in [-0.39, 0.29) is 44.2 Å². The van der Waals surface area contributed by atoms with Crippen LogP contribution in [0.2, 0.25) is 0 Å². The Bertz CT molecular complexity index is 951. The molecule has 2 aliphatic rings. The Kier molecular flexibility index (Phi) is 6.94. The first-order valence-electron chi connectivity index (χ1n) is 10.2. The average Bonchev–Trinajstić information content (AvgIpc) is 3.10. The van der Waals surface area contributed by atoms with Crippen LogP contribution >= 0.6 is 0 Å². The molecule has 15 heteroatoms. The fourth-order valence-electron chi connectivity index (χ4n) is 4.16. The lowest BCUT2D eigenvalue weighted by Crippen LogP contribution is -2.60. The van der Waals surface area contributed by atoms with E-state index >= 15 is 0 Å². The highest BCUT2D eigenvalue weighted by Gasteiger charge is 2.78. The topological polar surface area (TPSA) is 58.6 Å². The van der Waals surface area contributed by atoms with E-state index in [1.54, 1.807) is 0 Å². The van der Waals surface area contributed by atoms with E-state index < -0.39 is 65.7 Å².